The molecule has 0 aliphatic heterocycles. The summed E-state index contributed by atoms with van der Waals surface area (Å²) in [5.74, 6) is 0. The minimum Gasteiger partial charge on any atom is -0.0803 e. The van der Waals surface area contributed by atoms with Crippen molar-refractivity contribution in [1.29, 1.82) is 0 Å². The van der Waals surface area contributed by atoms with Crippen molar-refractivity contribution in [3.63, 3.8) is 0 Å². The van der Waals surface area contributed by atoms with E-state index in [1.54, 1.807) is 0 Å². The van der Waals surface area contributed by atoms with Crippen LogP contribution in [0, 0.1) is 0 Å². The summed E-state index contributed by atoms with van der Waals surface area (Å²) in [6, 6.07) is 0. The van der Waals surface area contributed by atoms with Gasteiger partial charge in [0.15, 0.2) is 0 Å². The van der Waals surface area contributed by atoms with E-state index in [1.807, 2.05) is 0 Å². The van der Waals surface area contributed by atoms with Crippen LogP contribution in [0.25, 0.3) is 0 Å². The Morgan fingerprint density at radius 3 is 1.33 bits per heavy atom. The molecular weight excluding hydrogens is 179 g/mol. The first kappa shape index (κ1) is 15.1. The largest absolute Gasteiger partial charge is 0.109 e. The van der Waals surface area contributed by atoms with Crippen molar-refractivity contribution < 1.29 is 0 Å². The van der Waals surface area contributed by atoms with Crippen LogP contribution in [0.1, 0.15) is 78.1 Å². The van der Waals surface area contributed by atoms with Crippen LogP contribution in [0.15, 0.2) is 0 Å². The fourth-order valence-corrected chi connectivity index (χ4v) is 1.93. The van der Waals surface area contributed by atoms with Crippen LogP contribution in [-0.4, -0.2) is 7.28 Å². The minimum absolute atomic E-state index is 1.36. The summed E-state index contributed by atoms with van der Waals surface area (Å²) in [5, 5.41) is 0. The SMILES string of the molecule is CCCCCCC[B]CCCCCCC. The molecule has 0 amide bonds. The molecule has 0 atom stereocenters. The summed E-state index contributed by atoms with van der Waals surface area (Å²) in [4.78, 5) is 0. The second kappa shape index (κ2) is 14.1. The minimum atomic E-state index is 1.36. The van der Waals surface area contributed by atoms with Gasteiger partial charge in [-0.15, -0.1) is 0 Å². The highest BCUT2D eigenvalue weighted by molar-refractivity contribution is 6.35. The lowest BCUT2D eigenvalue weighted by Crippen LogP contribution is -1.90. The van der Waals surface area contributed by atoms with Crippen molar-refractivity contribution in [2.75, 3.05) is 0 Å². The molecule has 0 spiro atoms. The maximum absolute atomic E-state index is 2.51. The molecule has 0 saturated carbocycles. The molecule has 0 heterocycles. The first-order valence-electron chi connectivity index (χ1n) is 7.23. The first-order chi connectivity index (χ1) is 7.41. The van der Waals surface area contributed by atoms with Gasteiger partial charge < -0.3 is 0 Å². The predicted molar refractivity (Wildman–Crippen MR) is 72.9 cm³/mol. The highest BCUT2D eigenvalue weighted by atomic mass is 13.9. The van der Waals surface area contributed by atoms with Crippen molar-refractivity contribution in [2.45, 2.75) is 90.7 Å². The summed E-state index contributed by atoms with van der Waals surface area (Å²) < 4.78 is 0. The molecule has 1 radical (unpaired) electrons. The molecule has 15 heavy (non-hydrogen) atoms. The van der Waals surface area contributed by atoms with Crippen LogP contribution >= 0.6 is 0 Å². The molecule has 0 aromatic carbocycles. The zero-order valence-electron chi connectivity index (χ0n) is 11.1. The number of hydrogen-bond donors (Lipinski definition) is 0. The Bertz CT molecular complexity index is 89.5. The van der Waals surface area contributed by atoms with Gasteiger partial charge in [0.25, 0.3) is 0 Å². The quantitative estimate of drug-likeness (QED) is 0.295. The standard InChI is InChI=1S/C14H30B/c1-3-5-7-9-11-13-15-14-12-10-8-6-4-2/h3-14H2,1-2H3. The third kappa shape index (κ3) is 14.1. The molecule has 0 fully saturated rings. The zero-order valence-corrected chi connectivity index (χ0v) is 11.1. The topological polar surface area (TPSA) is 0 Å². The van der Waals surface area contributed by atoms with Gasteiger partial charge in [-0.2, -0.15) is 0 Å². The normalized spacial score (nSPS) is 10.5. The molecule has 0 aliphatic rings. The van der Waals surface area contributed by atoms with E-state index < -0.39 is 0 Å². The molecule has 1 heteroatoms. The van der Waals surface area contributed by atoms with E-state index in [1.165, 1.54) is 76.8 Å². The maximum Gasteiger partial charge on any atom is 0.109 e. The summed E-state index contributed by atoms with van der Waals surface area (Å²) in [6.07, 6.45) is 16.9. The van der Waals surface area contributed by atoms with E-state index >= 15 is 0 Å². The predicted octanol–water partition coefficient (Wildman–Crippen LogP) is 5.47. The lowest BCUT2D eigenvalue weighted by molar-refractivity contribution is 0.647. The van der Waals surface area contributed by atoms with Gasteiger partial charge in [-0.3, -0.25) is 0 Å². The van der Waals surface area contributed by atoms with Gasteiger partial charge in [-0.05, 0) is 0 Å². The molecule has 0 unspecified atom stereocenters. The number of hydrogen-bond acceptors (Lipinski definition) is 0. The molecule has 0 saturated heterocycles. The van der Waals surface area contributed by atoms with E-state index in [-0.39, 0.29) is 0 Å². The third-order valence-corrected chi connectivity index (χ3v) is 3.02. The van der Waals surface area contributed by atoms with Crippen molar-refractivity contribution in [3.8, 4) is 0 Å². The van der Waals surface area contributed by atoms with Crippen molar-refractivity contribution in [2.24, 2.45) is 0 Å². The van der Waals surface area contributed by atoms with Gasteiger partial charge in [0.1, 0.15) is 7.28 Å². The van der Waals surface area contributed by atoms with Gasteiger partial charge >= 0.3 is 0 Å². The van der Waals surface area contributed by atoms with E-state index in [2.05, 4.69) is 21.1 Å². The highest BCUT2D eigenvalue weighted by Gasteiger charge is 1.93. The molecule has 0 N–H and O–H groups in total. The number of unbranched alkanes of at least 4 members (excludes halogenated alkanes) is 8. The monoisotopic (exact) mass is 209 g/mol. The summed E-state index contributed by atoms with van der Waals surface area (Å²) in [5.41, 5.74) is 0. The summed E-state index contributed by atoms with van der Waals surface area (Å²) >= 11 is 0. The van der Waals surface area contributed by atoms with Crippen LogP contribution in [0.5, 0.6) is 0 Å². The Kier molecular flexibility index (Phi) is 14.1. The van der Waals surface area contributed by atoms with Crippen LogP contribution < -0.4 is 0 Å². The summed E-state index contributed by atoms with van der Waals surface area (Å²) in [7, 11) is 2.51. The first-order valence-corrected chi connectivity index (χ1v) is 7.23. The third-order valence-electron chi connectivity index (χ3n) is 3.02. The van der Waals surface area contributed by atoms with E-state index in [9.17, 15) is 0 Å². The van der Waals surface area contributed by atoms with E-state index in [4.69, 9.17) is 0 Å². The van der Waals surface area contributed by atoms with Crippen molar-refractivity contribution >= 4 is 7.28 Å². The molecule has 0 rings (SSSR count). The van der Waals surface area contributed by atoms with Gasteiger partial charge in [-0.1, -0.05) is 90.7 Å². The smallest absolute Gasteiger partial charge is 0.0803 e. The number of rotatable bonds is 12. The highest BCUT2D eigenvalue weighted by Crippen LogP contribution is 2.08. The van der Waals surface area contributed by atoms with E-state index in [0.29, 0.717) is 0 Å². The van der Waals surface area contributed by atoms with Gasteiger partial charge in [0.05, 0.1) is 0 Å². The molecular formula is C14H30B. The van der Waals surface area contributed by atoms with Gasteiger partial charge in [-0.25, -0.2) is 0 Å². The van der Waals surface area contributed by atoms with Crippen molar-refractivity contribution in [3.05, 3.63) is 0 Å². The Morgan fingerprint density at radius 1 is 0.533 bits per heavy atom. The lowest BCUT2D eigenvalue weighted by atomic mass is 9.68. The zero-order chi connectivity index (χ0) is 11.2. The lowest BCUT2D eigenvalue weighted by Gasteiger charge is -2.00. The van der Waals surface area contributed by atoms with Gasteiger partial charge in [0.2, 0.25) is 0 Å². The molecule has 0 nitrogen and oxygen atoms in total. The molecule has 89 valence electrons. The Labute approximate surface area is 98.5 Å². The molecule has 0 aromatic heterocycles. The summed E-state index contributed by atoms with van der Waals surface area (Å²) in [6.45, 7) is 4.56. The molecule has 0 aromatic rings. The van der Waals surface area contributed by atoms with Crippen molar-refractivity contribution in [1.82, 2.24) is 0 Å². The fraction of sp³-hybridized carbons (Fsp3) is 1.00. The van der Waals surface area contributed by atoms with E-state index in [0.717, 1.165) is 0 Å². The Balaban J connectivity index is 2.81. The fourth-order valence-electron chi connectivity index (χ4n) is 1.93. The molecule has 0 aliphatic carbocycles. The Morgan fingerprint density at radius 2 is 0.933 bits per heavy atom. The van der Waals surface area contributed by atoms with Crippen LogP contribution in [0.2, 0.25) is 12.6 Å². The average molecular weight is 209 g/mol. The van der Waals surface area contributed by atoms with Gasteiger partial charge in [0, 0.05) is 0 Å². The second-order valence-corrected chi connectivity index (χ2v) is 4.69. The average Bonchev–Trinajstić information content (AvgIpc) is 2.26. The van der Waals surface area contributed by atoms with Crippen LogP contribution in [0.4, 0.5) is 0 Å². The van der Waals surface area contributed by atoms with Crippen LogP contribution in [0.3, 0.4) is 0 Å². The maximum atomic E-state index is 2.51. The second-order valence-electron chi connectivity index (χ2n) is 4.69. The molecule has 0 bridgehead atoms. The van der Waals surface area contributed by atoms with Crippen LogP contribution in [-0.2, 0) is 0 Å². The Hall–Kier alpha value is 0.0649.